The van der Waals surface area contributed by atoms with Gasteiger partial charge in [0.1, 0.15) is 0 Å². The van der Waals surface area contributed by atoms with Crippen LogP contribution in [-0.2, 0) is 4.74 Å². The van der Waals surface area contributed by atoms with E-state index in [1.54, 1.807) is 0 Å². The predicted octanol–water partition coefficient (Wildman–Crippen LogP) is 2.27. The van der Waals surface area contributed by atoms with E-state index in [1.165, 1.54) is 45.2 Å². The summed E-state index contributed by atoms with van der Waals surface area (Å²) in [5.74, 6) is 0. The van der Waals surface area contributed by atoms with Crippen LogP contribution in [0.5, 0.6) is 0 Å². The Morgan fingerprint density at radius 1 is 1.41 bits per heavy atom. The molecule has 0 aromatic heterocycles. The third-order valence-corrected chi connectivity index (χ3v) is 3.77. The van der Waals surface area contributed by atoms with Crippen LogP contribution in [0.1, 0.15) is 46.0 Å². The highest BCUT2D eigenvalue weighted by atomic mass is 16.5. The molecule has 0 saturated carbocycles. The molecule has 1 N–H and O–H groups in total. The van der Waals surface area contributed by atoms with Crippen molar-refractivity contribution in [3.8, 4) is 0 Å². The van der Waals surface area contributed by atoms with Gasteiger partial charge in [-0.3, -0.25) is 0 Å². The van der Waals surface area contributed by atoms with E-state index in [4.69, 9.17) is 4.74 Å². The molecule has 0 bridgehead atoms. The molecule has 0 amide bonds. The highest BCUT2D eigenvalue weighted by molar-refractivity contribution is 4.76. The van der Waals surface area contributed by atoms with Crippen molar-refractivity contribution in [1.82, 2.24) is 10.2 Å². The topological polar surface area (TPSA) is 24.5 Å². The third-order valence-electron chi connectivity index (χ3n) is 3.77. The van der Waals surface area contributed by atoms with Crippen molar-refractivity contribution in [3.05, 3.63) is 0 Å². The maximum Gasteiger partial charge on any atom is 0.0710 e. The van der Waals surface area contributed by atoms with Gasteiger partial charge in [0.15, 0.2) is 0 Å². The lowest BCUT2D eigenvalue weighted by Crippen LogP contribution is -2.31. The van der Waals surface area contributed by atoms with Gasteiger partial charge in [0, 0.05) is 26.2 Å². The summed E-state index contributed by atoms with van der Waals surface area (Å²) < 4.78 is 5.39. The second-order valence-electron chi connectivity index (χ2n) is 5.15. The fourth-order valence-corrected chi connectivity index (χ4v) is 2.55. The number of nitrogens with zero attached hydrogens (tertiary/aromatic N) is 1. The normalized spacial score (nSPS) is 23.1. The summed E-state index contributed by atoms with van der Waals surface area (Å²) in [5, 5.41) is 3.62. The third kappa shape index (κ3) is 5.84. The molecule has 3 heteroatoms. The van der Waals surface area contributed by atoms with Gasteiger partial charge >= 0.3 is 0 Å². The Balaban J connectivity index is 2.06. The van der Waals surface area contributed by atoms with Gasteiger partial charge in [-0.1, -0.05) is 13.8 Å². The maximum atomic E-state index is 5.39. The number of hydrogen-bond acceptors (Lipinski definition) is 3. The Morgan fingerprint density at radius 2 is 2.24 bits per heavy atom. The smallest absolute Gasteiger partial charge is 0.0710 e. The summed E-state index contributed by atoms with van der Waals surface area (Å²) in [5.41, 5.74) is 0. The Kier molecular flexibility index (Phi) is 7.82. The zero-order chi connectivity index (χ0) is 12.5. The average Bonchev–Trinajstić information content (AvgIpc) is 2.81. The standard InChI is InChI=1S/C14H30N2O/c1-4-9-15-13(5-2)7-6-10-16-11-8-14(12-16)17-3/h13-15H,4-12H2,1-3H3. The van der Waals surface area contributed by atoms with Crippen molar-refractivity contribution in [3.63, 3.8) is 0 Å². The van der Waals surface area contributed by atoms with Crippen LogP contribution in [0.4, 0.5) is 0 Å². The SMILES string of the molecule is CCCNC(CC)CCCN1CCC(OC)C1. The molecule has 1 aliphatic heterocycles. The molecule has 0 aromatic carbocycles. The van der Waals surface area contributed by atoms with Gasteiger partial charge in [-0.25, -0.2) is 0 Å². The highest BCUT2D eigenvalue weighted by Gasteiger charge is 2.21. The van der Waals surface area contributed by atoms with Crippen molar-refractivity contribution in [2.45, 2.75) is 58.1 Å². The summed E-state index contributed by atoms with van der Waals surface area (Å²) in [7, 11) is 1.83. The lowest BCUT2D eigenvalue weighted by Gasteiger charge is -2.19. The van der Waals surface area contributed by atoms with Crippen LogP contribution in [0.2, 0.25) is 0 Å². The molecule has 0 radical (unpaired) electrons. The molecule has 0 aliphatic carbocycles. The van der Waals surface area contributed by atoms with E-state index in [0.29, 0.717) is 6.10 Å². The number of ether oxygens (including phenoxy) is 1. The lowest BCUT2D eigenvalue weighted by molar-refractivity contribution is 0.108. The van der Waals surface area contributed by atoms with Gasteiger partial charge < -0.3 is 15.0 Å². The second-order valence-corrected chi connectivity index (χ2v) is 5.15. The molecule has 3 nitrogen and oxygen atoms in total. The van der Waals surface area contributed by atoms with Crippen LogP contribution in [0.15, 0.2) is 0 Å². The van der Waals surface area contributed by atoms with E-state index in [0.717, 1.165) is 19.1 Å². The van der Waals surface area contributed by atoms with Gasteiger partial charge in [-0.2, -0.15) is 0 Å². The quantitative estimate of drug-likeness (QED) is 0.671. The van der Waals surface area contributed by atoms with Crippen molar-refractivity contribution in [2.75, 3.05) is 33.3 Å². The van der Waals surface area contributed by atoms with Crippen LogP contribution in [-0.4, -0.2) is 50.3 Å². The van der Waals surface area contributed by atoms with Crippen molar-refractivity contribution in [1.29, 1.82) is 0 Å². The van der Waals surface area contributed by atoms with E-state index >= 15 is 0 Å². The van der Waals surface area contributed by atoms with Gasteiger partial charge in [0.2, 0.25) is 0 Å². The Labute approximate surface area is 107 Å². The van der Waals surface area contributed by atoms with E-state index in [1.807, 2.05) is 7.11 Å². The first-order chi connectivity index (χ1) is 8.30. The van der Waals surface area contributed by atoms with Crippen LogP contribution in [0, 0.1) is 0 Å². The Bertz CT molecular complexity index is 185. The largest absolute Gasteiger partial charge is 0.380 e. The molecular weight excluding hydrogens is 212 g/mol. The molecule has 17 heavy (non-hydrogen) atoms. The fourth-order valence-electron chi connectivity index (χ4n) is 2.55. The van der Waals surface area contributed by atoms with Crippen LogP contribution in [0.3, 0.4) is 0 Å². The molecule has 1 saturated heterocycles. The monoisotopic (exact) mass is 242 g/mol. The van der Waals surface area contributed by atoms with Gasteiger partial charge in [-0.05, 0) is 45.2 Å². The molecule has 1 fully saturated rings. The predicted molar refractivity (Wildman–Crippen MR) is 73.5 cm³/mol. The van der Waals surface area contributed by atoms with Crippen LogP contribution in [0.25, 0.3) is 0 Å². The van der Waals surface area contributed by atoms with Crippen molar-refractivity contribution < 1.29 is 4.74 Å². The van der Waals surface area contributed by atoms with Crippen molar-refractivity contribution in [2.24, 2.45) is 0 Å². The number of likely N-dealkylation sites (tertiary alicyclic amines) is 1. The summed E-state index contributed by atoms with van der Waals surface area (Å²) in [4.78, 5) is 2.54. The minimum absolute atomic E-state index is 0.482. The zero-order valence-electron chi connectivity index (χ0n) is 11.9. The first-order valence-corrected chi connectivity index (χ1v) is 7.28. The van der Waals surface area contributed by atoms with E-state index in [-0.39, 0.29) is 0 Å². The van der Waals surface area contributed by atoms with E-state index in [9.17, 15) is 0 Å². The summed E-state index contributed by atoms with van der Waals surface area (Å²) in [6.07, 6.45) is 6.80. The minimum atomic E-state index is 0.482. The molecule has 0 aromatic rings. The maximum absolute atomic E-state index is 5.39. The first-order valence-electron chi connectivity index (χ1n) is 7.28. The number of hydrogen-bond donors (Lipinski definition) is 1. The second kappa shape index (κ2) is 8.90. The zero-order valence-corrected chi connectivity index (χ0v) is 11.9. The van der Waals surface area contributed by atoms with Crippen LogP contribution >= 0.6 is 0 Å². The van der Waals surface area contributed by atoms with Crippen LogP contribution < -0.4 is 5.32 Å². The molecule has 102 valence electrons. The number of methoxy groups -OCH3 is 1. The van der Waals surface area contributed by atoms with E-state index < -0.39 is 0 Å². The molecule has 1 heterocycles. The molecule has 1 rings (SSSR count). The molecule has 0 spiro atoms. The fraction of sp³-hybridized carbons (Fsp3) is 1.00. The number of rotatable bonds is 9. The van der Waals surface area contributed by atoms with E-state index in [2.05, 4.69) is 24.1 Å². The van der Waals surface area contributed by atoms with Gasteiger partial charge in [-0.15, -0.1) is 0 Å². The Morgan fingerprint density at radius 3 is 2.82 bits per heavy atom. The molecule has 2 atom stereocenters. The Hall–Kier alpha value is -0.120. The minimum Gasteiger partial charge on any atom is -0.380 e. The molecule has 1 aliphatic rings. The summed E-state index contributed by atoms with van der Waals surface area (Å²) in [6.45, 7) is 9.27. The van der Waals surface area contributed by atoms with Crippen molar-refractivity contribution >= 4 is 0 Å². The lowest BCUT2D eigenvalue weighted by atomic mass is 10.1. The van der Waals surface area contributed by atoms with Gasteiger partial charge in [0.05, 0.1) is 6.10 Å². The molecular formula is C14H30N2O. The highest BCUT2D eigenvalue weighted by Crippen LogP contribution is 2.13. The average molecular weight is 242 g/mol. The van der Waals surface area contributed by atoms with Gasteiger partial charge in [0.25, 0.3) is 0 Å². The molecule has 2 unspecified atom stereocenters. The first kappa shape index (κ1) is 14.9. The summed E-state index contributed by atoms with van der Waals surface area (Å²) in [6, 6.07) is 0.718. The summed E-state index contributed by atoms with van der Waals surface area (Å²) >= 11 is 0. The number of nitrogens with one attached hydrogen (secondary N) is 1.